The van der Waals surface area contributed by atoms with E-state index in [4.69, 9.17) is 20.2 Å². The number of nitrogens with zero attached hydrogens (tertiary/aromatic N) is 5. The molecule has 1 saturated carbocycles. The first-order chi connectivity index (χ1) is 15.9. The Balaban J connectivity index is 1.29. The van der Waals surface area contributed by atoms with Crippen molar-refractivity contribution < 1.29 is 9.32 Å². The number of nitrogens with two attached hydrogens (primary N) is 1. The number of carbonyl (C=O) groups excluding carboxylic acids is 1. The van der Waals surface area contributed by atoms with E-state index in [-0.39, 0.29) is 23.5 Å². The van der Waals surface area contributed by atoms with E-state index in [0.717, 1.165) is 22.8 Å². The van der Waals surface area contributed by atoms with Crippen molar-refractivity contribution in [3.63, 3.8) is 0 Å². The lowest BCUT2D eigenvalue weighted by molar-refractivity contribution is 0.0965. The summed E-state index contributed by atoms with van der Waals surface area (Å²) in [4.78, 5) is 30.7. The molecule has 9 nitrogen and oxygen atoms in total. The van der Waals surface area contributed by atoms with Gasteiger partial charge in [0, 0.05) is 48.0 Å². The number of nitrogens with one attached hydrogen (secondary N) is 1. The second-order valence-corrected chi connectivity index (χ2v) is 9.22. The molecule has 0 saturated heterocycles. The summed E-state index contributed by atoms with van der Waals surface area (Å²) < 4.78 is 5.59. The molecule has 1 atom stereocenters. The maximum Gasteiger partial charge on any atom is 0.182 e. The van der Waals surface area contributed by atoms with Crippen LogP contribution in [-0.4, -0.2) is 38.7 Å². The van der Waals surface area contributed by atoms with Gasteiger partial charge in [-0.3, -0.25) is 9.78 Å². The van der Waals surface area contributed by atoms with Crippen LogP contribution >= 0.6 is 0 Å². The smallest absolute Gasteiger partial charge is 0.182 e. The molecule has 9 heteroatoms. The summed E-state index contributed by atoms with van der Waals surface area (Å²) in [6.07, 6.45) is 4.55. The molecule has 3 N–H and O–H groups in total. The first-order valence-electron chi connectivity index (χ1n) is 11.2. The maximum atomic E-state index is 12.9. The average Bonchev–Trinajstić information content (AvgIpc) is 3.21. The van der Waals surface area contributed by atoms with Gasteiger partial charge in [0.1, 0.15) is 29.3 Å². The highest BCUT2D eigenvalue weighted by Crippen LogP contribution is 2.47. The minimum absolute atomic E-state index is 0.115. The average molecular weight is 446 g/mol. The Kier molecular flexibility index (Phi) is 5.28. The molecular formula is C24H27N7O2. The van der Waals surface area contributed by atoms with Crippen LogP contribution in [0.3, 0.4) is 0 Å². The minimum Gasteiger partial charge on any atom is -0.383 e. The summed E-state index contributed by atoms with van der Waals surface area (Å²) in [6, 6.07) is 6.00. The van der Waals surface area contributed by atoms with Gasteiger partial charge in [-0.05, 0) is 32.0 Å². The quantitative estimate of drug-likeness (QED) is 0.505. The highest BCUT2D eigenvalue weighted by molar-refractivity contribution is 6.04. The number of ketones is 1. The van der Waals surface area contributed by atoms with Gasteiger partial charge in [0.05, 0.1) is 17.1 Å². The summed E-state index contributed by atoms with van der Waals surface area (Å²) in [5.74, 6) is 0.647. The van der Waals surface area contributed by atoms with Crippen molar-refractivity contribution in [2.75, 3.05) is 12.8 Å². The molecule has 1 fully saturated rings. The molecule has 3 aromatic heterocycles. The number of carbonyl (C=O) groups is 1. The van der Waals surface area contributed by atoms with Crippen molar-refractivity contribution in [3.8, 4) is 0 Å². The van der Waals surface area contributed by atoms with E-state index in [0.29, 0.717) is 41.5 Å². The minimum atomic E-state index is -0.179. The predicted molar refractivity (Wildman–Crippen MR) is 124 cm³/mol. The third kappa shape index (κ3) is 4.04. The molecule has 2 aliphatic rings. The number of hydrogen-bond donors (Lipinski definition) is 2. The largest absolute Gasteiger partial charge is 0.383 e. The third-order valence-electron chi connectivity index (χ3n) is 6.56. The molecule has 0 amide bonds. The standard InChI is InChI=1S/C24H27N7O2/c1-13(8-19(32)22-14(11-26-3)23(25)28-12-27-22)20-10-18(31-33-20)17-9-16-15(29-17)4-5-21(30-16)24(2)6-7-24/h4-5,10,12-13,26H,6-9,11H2,1-3H3,(H2,25,27,28)/t13-/m0/s1. The van der Waals surface area contributed by atoms with E-state index in [1.165, 1.54) is 19.2 Å². The maximum absolute atomic E-state index is 12.9. The summed E-state index contributed by atoms with van der Waals surface area (Å²) in [5, 5.41) is 7.23. The highest BCUT2D eigenvalue weighted by Gasteiger charge is 2.41. The van der Waals surface area contributed by atoms with Gasteiger partial charge in [-0.15, -0.1) is 0 Å². The van der Waals surface area contributed by atoms with Crippen LogP contribution in [0.15, 0.2) is 34.0 Å². The lowest BCUT2D eigenvalue weighted by atomic mass is 9.97. The number of nitrogen functional groups attached to an aromatic ring is 1. The fourth-order valence-corrected chi connectivity index (χ4v) is 4.15. The van der Waals surface area contributed by atoms with Gasteiger partial charge < -0.3 is 15.6 Å². The third-order valence-corrected chi connectivity index (χ3v) is 6.56. The molecular weight excluding hydrogens is 418 g/mol. The molecule has 0 bridgehead atoms. The van der Waals surface area contributed by atoms with Gasteiger partial charge in [-0.25, -0.2) is 15.0 Å². The number of rotatable bonds is 8. The van der Waals surface area contributed by atoms with Crippen molar-refractivity contribution in [2.45, 2.75) is 57.4 Å². The Hall–Kier alpha value is -3.46. The summed E-state index contributed by atoms with van der Waals surface area (Å²) >= 11 is 0. The van der Waals surface area contributed by atoms with Crippen LogP contribution in [0.2, 0.25) is 0 Å². The number of Topliss-reactive ketones (excluding diaryl/α,β-unsaturated/α-hetero) is 1. The van der Waals surface area contributed by atoms with Crippen LogP contribution in [-0.2, 0) is 18.4 Å². The molecule has 1 aliphatic heterocycles. The van der Waals surface area contributed by atoms with Crippen molar-refractivity contribution in [2.24, 2.45) is 4.99 Å². The molecule has 0 aromatic carbocycles. The molecule has 3 aromatic rings. The van der Waals surface area contributed by atoms with Crippen LogP contribution < -0.4 is 11.1 Å². The van der Waals surface area contributed by atoms with Crippen molar-refractivity contribution >= 4 is 23.0 Å². The van der Waals surface area contributed by atoms with Gasteiger partial charge in [-0.2, -0.15) is 0 Å². The first kappa shape index (κ1) is 21.4. The summed E-state index contributed by atoms with van der Waals surface area (Å²) in [7, 11) is 1.78. The monoisotopic (exact) mass is 445 g/mol. The second-order valence-electron chi connectivity index (χ2n) is 9.22. The van der Waals surface area contributed by atoms with Crippen molar-refractivity contribution in [1.82, 2.24) is 25.4 Å². The van der Waals surface area contributed by atoms with Crippen LogP contribution in [0.5, 0.6) is 0 Å². The molecule has 170 valence electrons. The van der Waals surface area contributed by atoms with E-state index in [2.05, 4.69) is 33.4 Å². The Bertz CT molecular complexity index is 1260. The molecule has 1 aliphatic carbocycles. The van der Waals surface area contributed by atoms with Crippen molar-refractivity contribution in [1.29, 1.82) is 0 Å². The number of fused-ring (bicyclic) bond motifs is 1. The zero-order valence-electron chi connectivity index (χ0n) is 19.1. The molecule has 0 spiro atoms. The zero-order valence-corrected chi connectivity index (χ0v) is 19.1. The Morgan fingerprint density at radius 1 is 1.30 bits per heavy atom. The Morgan fingerprint density at radius 3 is 2.88 bits per heavy atom. The molecule has 0 radical (unpaired) electrons. The first-order valence-corrected chi connectivity index (χ1v) is 11.2. The molecule has 0 unspecified atom stereocenters. The lowest BCUT2D eigenvalue weighted by Crippen LogP contribution is -2.17. The van der Waals surface area contributed by atoms with Gasteiger partial charge in [-0.1, -0.05) is 19.0 Å². The SMILES string of the molecule is CNCc1c(N)ncnc1C(=O)C[C@H](C)c1cc(C2=Nc3ccc(C4(C)CC4)nc3C2)no1. The summed E-state index contributed by atoms with van der Waals surface area (Å²) in [5.41, 5.74) is 11.7. The van der Waals surface area contributed by atoms with Crippen molar-refractivity contribution in [3.05, 3.63) is 58.6 Å². The fraction of sp³-hybridized carbons (Fsp3) is 0.417. The van der Waals surface area contributed by atoms with Crippen LogP contribution in [0.4, 0.5) is 11.5 Å². The number of aliphatic imine (C=N–C) groups is 1. The van der Waals surface area contributed by atoms with Gasteiger partial charge in [0.15, 0.2) is 5.78 Å². The zero-order chi connectivity index (χ0) is 23.2. The van der Waals surface area contributed by atoms with E-state index in [9.17, 15) is 4.79 Å². The van der Waals surface area contributed by atoms with Crippen LogP contribution in [0.25, 0.3) is 0 Å². The molecule has 33 heavy (non-hydrogen) atoms. The van der Waals surface area contributed by atoms with Gasteiger partial charge in [0.25, 0.3) is 0 Å². The number of hydrogen-bond acceptors (Lipinski definition) is 9. The normalized spacial score (nSPS) is 16.9. The number of anilines is 1. The predicted octanol–water partition coefficient (Wildman–Crippen LogP) is 3.27. The Morgan fingerprint density at radius 2 is 2.12 bits per heavy atom. The number of aromatic nitrogens is 4. The van der Waals surface area contributed by atoms with E-state index in [1.54, 1.807) is 7.05 Å². The topological polar surface area (TPSA) is 132 Å². The van der Waals surface area contributed by atoms with E-state index < -0.39 is 0 Å². The Labute approximate surface area is 191 Å². The van der Waals surface area contributed by atoms with E-state index >= 15 is 0 Å². The molecule has 4 heterocycles. The van der Waals surface area contributed by atoms with Gasteiger partial charge in [0.2, 0.25) is 0 Å². The molecule has 5 rings (SSSR count). The summed E-state index contributed by atoms with van der Waals surface area (Å²) in [6.45, 7) is 4.60. The van der Waals surface area contributed by atoms with Crippen LogP contribution in [0, 0.1) is 0 Å². The number of pyridine rings is 1. The lowest BCUT2D eigenvalue weighted by Gasteiger charge is -2.11. The van der Waals surface area contributed by atoms with Crippen LogP contribution in [0.1, 0.15) is 77.9 Å². The second kappa shape index (κ2) is 8.15. The fourth-order valence-electron chi connectivity index (χ4n) is 4.15. The van der Waals surface area contributed by atoms with Gasteiger partial charge >= 0.3 is 0 Å². The highest BCUT2D eigenvalue weighted by atomic mass is 16.5. The van der Waals surface area contributed by atoms with E-state index in [1.807, 2.05) is 19.1 Å².